The lowest BCUT2D eigenvalue weighted by atomic mass is 10.0. The van der Waals surface area contributed by atoms with Gasteiger partial charge in [0.25, 0.3) is 0 Å². The number of hydrogen-bond donors (Lipinski definition) is 2. The lowest BCUT2D eigenvalue weighted by Gasteiger charge is -2.39. The Kier molecular flexibility index (Phi) is 16.2. The highest BCUT2D eigenvalue weighted by Gasteiger charge is 2.40. The Bertz CT molecular complexity index is 446. The number of quaternary nitrogens is 1. The van der Waals surface area contributed by atoms with Gasteiger partial charge in [-0.2, -0.15) is 0 Å². The van der Waals surface area contributed by atoms with Crippen LogP contribution < -0.4 is 5.32 Å². The van der Waals surface area contributed by atoms with Crippen molar-refractivity contribution in [2.45, 2.75) is 142 Å². The molecule has 0 radical (unpaired) electrons. The predicted octanol–water partition coefficient (Wildman–Crippen LogP) is 7.77. The number of rotatable bonds is 20. The average molecular weight is 422 g/mol. The van der Waals surface area contributed by atoms with Crippen molar-refractivity contribution in [3.8, 4) is 0 Å². The summed E-state index contributed by atoms with van der Waals surface area (Å²) < 4.78 is 0.676. The Morgan fingerprint density at radius 1 is 0.800 bits per heavy atom. The van der Waals surface area contributed by atoms with E-state index in [1.165, 1.54) is 103 Å². The van der Waals surface area contributed by atoms with Crippen LogP contribution in [0.15, 0.2) is 24.6 Å². The van der Waals surface area contributed by atoms with Crippen molar-refractivity contribution in [1.29, 1.82) is 0 Å². The summed E-state index contributed by atoms with van der Waals surface area (Å²) in [5, 5.41) is 13.7. The van der Waals surface area contributed by atoms with Gasteiger partial charge < -0.3 is 10.4 Å². The first-order valence-electron chi connectivity index (χ1n) is 13.3. The molecule has 3 atom stereocenters. The molecule has 0 aliphatic carbocycles. The lowest BCUT2D eigenvalue weighted by molar-refractivity contribution is -0.942. The first kappa shape index (κ1) is 27.2. The molecule has 0 amide bonds. The molecule has 0 saturated carbocycles. The van der Waals surface area contributed by atoms with Crippen LogP contribution in [-0.4, -0.2) is 28.5 Å². The fraction of sp³-hybridized carbons (Fsp3) is 0.852. The Morgan fingerprint density at radius 2 is 1.30 bits per heavy atom. The fourth-order valence-corrected chi connectivity index (χ4v) is 4.77. The summed E-state index contributed by atoms with van der Waals surface area (Å²) in [7, 11) is 0. The van der Waals surface area contributed by atoms with Crippen LogP contribution in [0.3, 0.4) is 0 Å². The van der Waals surface area contributed by atoms with Gasteiger partial charge in [0.05, 0.1) is 12.7 Å². The molecule has 0 spiro atoms. The second kappa shape index (κ2) is 17.8. The number of aliphatic hydroxyl groups is 1. The summed E-state index contributed by atoms with van der Waals surface area (Å²) in [5.74, 6) is 0. The van der Waals surface area contributed by atoms with E-state index in [2.05, 4.69) is 37.5 Å². The maximum atomic E-state index is 10.2. The van der Waals surface area contributed by atoms with E-state index < -0.39 is 0 Å². The molecule has 0 fully saturated rings. The molecule has 0 saturated heterocycles. The lowest BCUT2D eigenvalue weighted by Crippen LogP contribution is -2.57. The van der Waals surface area contributed by atoms with Crippen molar-refractivity contribution in [1.82, 2.24) is 5.32 Å². The van der Waals surface area contributed by atoms with Crippen molar-refractivity contribution < 1.29 is 9.59 Å². The van der Waals surface area contributed by atoms with Crippen molar-refractivity contribution in [2.24, 2.45) is 0 Å². The molecular weight excluding hydrogens is 368 g/mol. The molecule has 0 aromatic carbocycles. The first-order chi connectivity index (χ1) is 14.7. The van der Waals surface area contributed by atoms with Gasteiger partial charge in [-0.1, -0.05) is 89.7 Å². The first-order valence-corrected chi connectivity index (χ1v) is 13.3. The van der Waals surface area contributed by atoms with E-state index in [1.807, 2.05) is 13.1 Å². The summed E-state index contributed by atoms with van der Waals surface area (Å²) in [6.07, 6.45) is 32.0. The van der Waals surface area contributed by atoms with Crippen LogP contribution in [0.2, 0.25) is 0 Å². The maximum Gasteiger partial charge on any atom is 0.193 e. The average Bonchev–Trinajstić information content (AvgIpc) is 3.17. The van der Waals surface area contributed by atoms with Crippen LogP contribution in [-0.2, 0) is 0 Å². The van der Waals surface area contributed by atoms with E-state index in [1.54, 1.807) is 0 Å². The number of aliphatic hydroxyl groups excluding tert-OH is 1. The van der Waals surface area contributed by atoms with E-state index in [0.29, 0.717) is 10.6 Å². The van der Waals surface area contributed by atoms with Crippen LogP contribution in [0.1, 0.15) is 130 Å². The van der Waals surface area contributed by atoms with Gasteiger partial charge in [0.1, 0.15) is 6.20 Å². The minimum absolute atomic E-state index is 0.335. The highest BCUT2D eigenvalue weighted by atomic mass is 16.3. The standard InChI is InChI=1S/C27H53N2O/c1-4-6-7-8-9-10-11-12-13-14-15-16-17-18-19-20-21-22-23-27-28-24-25-29(27,5-2)26(3)30/h9-10,24-28,30H,4-8,11-23H2,1-3H3/q+1/b10-9+. The van der Waals surface area contributed by atoms with Gasteiger partial charge in [-0.05, 0) is 39.0 Å². The molecule has 1 heterocycles. The molecule has 1 rings (SSSR count). The smallest absolute Gasteiger partial charge is 0.193 e. The zero-order valence-electron chi connectivity index (χ0n) is 20.6. The molecule has 0 aromatic heterocycles. The molecule has 0 bridgehead atoms. The Hall–Kier alpha value is -0.800. The quantitative estimate of drug-likeness (QED) is 0.119. The molecule has 2 N–H and O–H groups in total. The second-order valence-corrected chi connectivity index (χ2v) is 9.37. The molecule has 1 aliphatic rings. The minimum Gasteiger partial charge on any atom is -0.345 e. The van der Waals surface area contributed by atoms with Gasteiger partial charge in [0.2, 0.25) is 0 Å². The van der Waals surface area contributed by atoms with E-state index in [4.69, 9.17) is 0 Å². The zero-order chi connectivity index (χ0) is 21.9. The number of nitrogens with zero attached hydrogens (tertiary/aromatic N) is 1. The normalized spacial score (nSPS) is 22.1. The van der Waals surface area contributed by atoms with E-state index in [-0.39, 0.29) is 6.23 Å². The monoisotopic (exact) mass is 421 g/mol. The van der Waals surface area contributed by atoms with E-state index >= 15 is 0 Å². The van der Waals surface area contributed by atoms with E-state index in [0.717, 1.165) is 13.0 Å². The van der Waals surface area contributed by atoms with Gasteiger partial charge in [-0.15, -0.1) is 0 Å². The van der Waals surface area contributed by atoms with Crippen molar-refractivity contribution in [2.75, 3.05) is 6.54 Å². The Labute approximate surface area is 188 Å². The Balaban J connectivity index is 1.85. The van der Waals surface area contributed by atoms with Crippen LogP contribution in [0.4, 0.5) is 0 Å². The van der Waals surface area contributed by atoms with Gasteiger partial charge in [-0.3, -0.25) is 4.48 Å². The van der Waals surface area contributed by atoms with Crippen molar-refractivity contribution >= 4 is 0 Å². The highest BCUT2D eigenvalue weighted by Crippen LogP contribution is 2.26. The van der Waals surface area contributed by atoms with Crippen molar-refractivity contribution in [3.63, 3.8) is 0 Å². The summed E-state index contributed by atoms with van der Waals surface area (Å²) >= 11 is 0. The van der Waals surface area contributed by atoms with Crippen LogP contribution >= 0.6 is 0 Å². The van der Waals surface area contributed by atoms with Gasteiger partial charge >= 0.3 is 0 Å². The van der Waals surface area contributed by atoms with Crippen LogP contribution in [0, 0.1) is 0 Å². The molecule has 3 unspecified atom stereocenters. The largest absolute Gasteiger partial charge is 0.345 e. The molecule has 176 valence electrons. The zero-order valence-corrected chi connectivity index (χ0v) is 20.6. The van der Waals surface area contributed by atoms with Crippen LogP contribution in [0.5, 0.6) is 0 Å². The molecule has 1 aliphatic heterocycles. The van der Waals surface area contributed by atoms with E-state index in [9.17, 15) is 5.11 Å². The fourth-order valence-electron chi connectivity index (χ4n) is 4.77. The molecule has 0 aromatic rings. The summed E-state index contributed by atoms with van der Waals surface area (Å²) in [6.45, 7) is 7.30. The molecule has 3 heteroatoms. The third kappa shape index (κ3) is 11.0. The maximum absolute atomic E-state index is 10.2. The Morgan fingerprint density at radius 3 is 1.80 bits per heavy atom. The van der Waals surface area contributed by atoms with Gasteiger partial charge in [-0.25, -0.2) is 0 Å². The third-order valence-corrected chi connectivity index (χ3v) is 6.95. The molecular formula is C27H53N2O+. The molecule has 3 nitrogen and oxygen atoms in total. The van der Waals surface area contributed by atoms with Gasteiger partial charge in [0, 0.05) is 13.3 Å². The van der Waals surface area contributed by atoms with Crippen molar-refractivity contribution in [3.05, 3.63) is 24.6 Å². The molecule has 30 heavy (non-hydrogen) atoms. The topological polar surface area (TPSA) is 32.3 Å². The van der Waals surface area contributed by atoms with Crippen LogP contribution in [0.25, 0.3) is 0 Å². The number of hydrogen-bond acceptors (Lipinski definition) is 2. The summed E-state index contributed by atoms with van der Waals surface area (Å²) in [6, 6.07) is 0. The minimum atomic E-state index is -0.335. The SMILES string of the molecule is CCCCC/C=C/CCCCCCCCCCCCCC1NC=C[N+]1(CC)C(C)O. The van der Waals surface area contributed by atoms with Gasteiger partial charge in [0.15, 0.2) is 12.4 Å². The predicted molar refractivity (Wildman–Crippen MR) is 132 cm³/mol. The second-order valence-electron chi connectivity index (χ2n) is 9.37. The number of unbranched alkanes of at least 4 members (excludes halogenated alkanes) is 14. The summed E-state index contributed by atoms with van der Waals surface area (Å²) in [5.41, 5.74) is 0. The highest BCUT2D eigenvalue weighted by molar-refractivity contribution is 4.84. The third-order valence-electron chi connectivity index (χ3n) is 6.95. The number of nitrogens with one attached hydrogen (secondary N) is 1. The summed E-state index contributed by atoms with van der Waals surface area (Å²) in [4.78, 5) is 0. The number of allylic oxidation sites excluding steroid dienone is 2.